The lowest BCUT2D eigenvalue weighted by molar-refractivity contribution is -0.121. The zero-order valence-electron chi connectivity index (χ0n) is 17.3. The predicted octanol–water partition coefficient (Wildman–Crippen LogP) is 4.52. The van der Waals surface area contributed by atoms with E-state index in [1.807, 2.05) is 60.7 Å². The lowest BCUT2D eigenvalue weighted by atomic mass is 9.98. The van der Waals surface area contributed by atoms with Gasteiger partial charge in [0.15, 0.2) is 17.3 Å². The van der Waals surface area contributed by atoms with E-state index in [9.17, 15) is 9.59 Å². The van der Waals surface area contributed by atoms with Crippen LogP contribution in [0.25, 0.3) is 0 Å². The van der Waals surface area contributed by atoms with Crippen LogP contribution in [0.15, 0.2) is 78.9 Å². The normalized spacial score (nSPS) is 13.3. The van der Waals surface area contributed by atoms with Crippen LogP contribution < -0.4 is 14.8 Å². The number of ether oxygens (including phenoxy) is 2. The van der Waals surface area contributed by atoms with Crippen LogP contribution in [0.3, 0.4) is 0 Å². The second kappa shape index (κ2) is 9.94. The van der Waals surface area contributed by atoms with Gasteiger partial charge in [-0.15, -0.1) is 0 Å². The quantitative estimate of drug-likeness (QED) is 0.550. The molecule has 0 saturated heterocycles. The number of rotatable bonds is 8. The van der Waals surface area contributed by atoms with Gasteiger partial charge in [0.2, 0.25) is 5.91 Å². The summed E-state index contributed by atoms with van der Waals surface area (Å²) in [6, 6.07) is 25.0. The Hall–Kier alpha value is -3.60. The summed E-state index contributed by atoms with van der Waals surface area (Å²) >= 11 is 0. The van der Waals surface area contributed by atoms with Crippen LogP contribution in [0, 0.1) is 0 Å². The second-order valence-electron chi connectivity index (χ2n) is 7.50. The van der Waals surface area contributed by atoms with Gasteiger partial charge in [-0.2, -0.15) is 0 Å². The average Bonchev–Trinajstić information content (AvgIpc) is 2.83. The van der Waals surface area contributed by atoms with Crippen molar-refractivity contribution in [3.63, 3.8) is 0 Å². The molecule has 1 aliphatic heterocycles. The third kappa shape index (κ3) is 5.51. The Labute approximate surface area is 182 Å². The first-order chi connectivity index (χ1) is 15.2. The Morgan fingerprint density at radius 2 is 1.48 bits per heavy atom. The molecule has 0 saturated carbocycles. The molecule has 0 spiro atoms. The first kappa shape index (κ1) is 20.7. The standard InChI is InChI=1S/C26H25NO4/c28-23(21-11-13-24-25(18-21)31-16-15-30-24)12-14-26(29)27-22(20-9-5-2-6-10-20)17-19-7-3-1-4-8-19/h1-11,13,18,22H,12,14-17H2,(H,27,29)/t22-/m0/s1. The van der Waals surface area contributed by atoms with E-state index < -0.39 is 0 Å². The molecule has 1 atom stereocenters. The Bertz CT molecular complexity index is 1030. The number of fused-ring (bicyclic) bond motifs is 1. The van der Waals surface area contributed by atoms with Crippen molar-refractivity contribution < 1.29 is 19.1 Å². The van der Waals surface area contributed by atoms with Gasteiger partial charge in [-0.05, 0) is 35.7 Å². The highest BCUT2D eigenvalue weighted by Gasteiger charge is 2.18. The summed E-state index contributed by atoms with van der Waals surface area (Å²) in [7, 11) is 0. The van der Waals surface area contributed by atoms with Crippen molar-refractivity contribution in [2.24, 2.45) is 0 Å². The van der Waals surface area contributed by atoms with E-state index in [1.54, 1.807) is 18.2 Å². The maximum Gasteiger partial charge on any atom is 0.220 e. The zero-order valence-corrected chi connectivity index (χ0v) is 17.3. The molecule has 1 heterocycles. The van der Waals surface area contributed by atoms with E-state index in [0.29, 0.717) is 36.7 Å². The fourth-order valence-corrected chi connectivity index (χ4v) is 3.64. The topological polar surface area (TPSA) is 64.6 Å². The molecular weight excluding hydrogens is 390 g/mol. The molecule has 158 valence electrons. The summed E-state index contributed by atoms with van der Waals surface area (Å²) in [5.74, 6) is 0.989. The van der Waals surface area contributed by atoms with E-state index in [1.165, 1.54) is 0 Å². The molecular formula is C26H25NO4. The van der Waals surface area contributed by atoms with Crippen molar-refractivity contribution >= 4 is 11.7 Å². The van der Waals surface area contributed by atoms with Crippen LogP contribution in [-0.2, 0) is 11.2 Å². The molecule has 5 heteroatoms. The van der Waals surface area contributed by atoms with E-state index in [2.05, 4.69) is 5.32 Å². The monoisotopic (exact) mass is 415 g/mol. The van der Waals surface area contributed by atoms with E-state index in [-0.39, 0.29) is 30.6 Å². The molecule has 5 nitrogen and oxygen atoms in total. The zero-order chi connectivity index (χ0) is 21.5. The van der Waals surface area contributed by atoms with E-state index in [0.717, 1.165) is 11.1 Å². The molecule has 0 aromatic heterocycles. The molecule has 1 aliphatic rings. The van der Waals surface area contributed by atoms with Gasteiger partial charge in [0, 0.05) is 18.4 Å². The van der Waals surface area contributed by atoms with Crippen LogP contribution in [-0.4, -0.2) is 24.9 Å². The summed E-state index contributed by atoms with van der Waals surface area (Å²) in [4.78, 5) is 25.3. The molecule has 0 radical (unpaired) electrons. The van der Waals surface area contributed by atoms with Gasteiger partial charge in [-0.3, -0.25) is 9.59 Å². The number of hydrogen-bond donors (Lipinski definition) is 1. The minimum Gasteiger partial charge on any atom is -0.486 e. The lowest BCUT2D eigenvalue weighted by Crippen LogP contribution is -2.30. The van der Waals surface area contributed by atoms with Crippen molar-refractivity contribution in [1.29, 1.82) is 0 Å². The average molecular weight is 415 g/mol. The third-order valence-corrected chi connectivity index (χ3v) is 5.26. The lowest BCUT2D eigenvalue weighted by Gasteiger charge is -2.20. The number of hydrogen-bond acceptors (Lipinski definition) is 4. The largest absolute Gasteiger partial charge is 0.486 e. The van der Waals surface area contributed by atoms with Crippen LogP contribution in [0.5, 0.6) is 11.5 Å². The highest BCUT2D eigenvalue weighted by molar-refractivity contribution is 5.98. The van der Waals surface area contributed by atoms with Crippen LogP contribution in [0.1, 0.15) is 40.4 Å². The van der Waals surface area contributed by atoms with Gasteiger partial charge >= 0.3 is 0 Å². The Balaban J connectivity index is 1.38. The summed E-state index contributed by atoms with van der Waals surface area (Å²) < 4.78 is 11.0. The van der Waals surface area contributed by atoms with Gasteiger partial charge < -0.3 is 14.8 Å². The molecule has 0 fully saturated rings. The smallest absolute Gasteiger partial charge is 0.220 e. The predicted molar refractivity (Wildman–Crippen MR) is 118 cm³/mol. The minimum atomic E-state index is -0.152. The maximum atomic E-state index is 12.7. The summed E-state index contributed by atoms with van der Waals surface area (Å²) in [5, 5.41) is 3.10. The fraction of sp³-hybridized carbons (Fsp3) is 0.231. The molecule has 4 rings (SSSR count). The Morgan fingerprint density at radius 3 is 2.23 bits per heavy atom. The second-order valence-corrected chi connectivity index (χ2v) is 7.50. The van der Waals surface area contributed by atoms with Gasteiger partial charge in [0.1, 0.15) is 13.2 Å². The number of nitrogens with one attached hydrogen (secondary N) is 1. The molecule has 1 amide bonds. The molecule has 0 aliphatic carbocycles. The van der Waals surface area contributed by atoms with E-state index >= 15 is 0 Å². The fourth-order valence-electron chi connectivity index (χ4n) is 3.64. The summed E-state index contributed by atoms with van der Waals surface area (Å²) in [6.07, 6.45) is 0.955. The van der Waals surface area contributed by atoms with Crippen molar-refractivity contribution in [1.82, 2.24) is 5.32 Å². The van der Waals surface area contributed by atoms with E-state index in [4.69, 9.17) is 9.47 Å². The first-order valence-corrected chi connectivity index (χ1v) is 10.5. The number of amides is 1. The van der Waals surface area contributed by atoms with Crippen molar-refractivity contribution in [3.05, 3.63) is 95.6 Å². The molecule has 0 bridgehead atoms. The SMILES string of the molecule is O=C(CCC(=O)c1ccc2c(c1)OCCO2)N[C@@H](Cc1ccccc1)c1ccccc1. The number of carbonyl (C=O) groups excluding carboxylic acids is 2. The van der Waals surface area contributed by atoms with Crippen molar-refractivity contribution in [2.45, 2.75) is 25.3 Å². The van der Waals surface area contributed by atoms with Gasteiger partial charge in [0.25, 0.3) is 0 Å². The number of ketones is 1. The van der Waals surface area contributed by atoms with Gasteiger partial charge in [0.05, 0.1) is 6.04 Å². The molecule has 3 aromatic carbocycles. The minimum absolute atomic E-state index is 0.0913. The van der Waals surface area contributed by atoms with Crippen LogP contribution in [0.2, 0.25) is 0 Å². The van der Waals surface area contributed by atoms with Gasteiger partial charge in [-0.1, -0.05) is 60.7 Å². The van der Waals surface area contributed by atoms with Crippen molar-refractivity contribution in [2.75, 3.05) is 13.2 Å². The Morgan fingerprint density at radius 1 is 0.806 bits per heavy atom. The van der Waals surface area contributed by atoms with Crippen molar-refractivity contribution in [3.8, 4) is 11.5 Å². The third-order valence-electron chi connectivity index (χ3n) is 5.26. The van der Waals surface area contributed by atoms with Crippen LogP contribution >= 0.6 is 0 Å². The Kier molecular flexibility index (Phi) is 6.62. The first-order valence-electron chi connectivity index (χ1n) is 10.5. The number of carbonyl (C=O) groups is 2. The number of Topliss-reactive ketones (excluding diaryl/α,β-unsaturated/α-hetero) is 1. The highest BCUT2D eigenvalue weighted by Crippen LogP contribution is 2.31. The van der Waals surface area contributed by atoms with Gasteiger partial charge in [-0.25, -0.2) is 0 Å². The molecule has 0 unspecified atom stereocenters. The number of benzene rings is 3. The highest BCUT2D eigenvalue weighted by atomic mass is 16.6. The molecule has 31 heavy (non-hydrogen) atoms. The summed E-state index contributed by atoms with van der Waals surface area (Å²) in [5.41, 5.74) is 2.71. The maximum absolute atomic E-state index is 12.7. The molecule has 1 N–H and O–H groups in total. The van der Waals surface area contributed by atoms with Crippen LogP contribution in [0.4, 0.5) is 0 Å². The summed E-state index contributed by atoms with van der Waals surface area (Å²) in [6.45, 7) is 0.974. The molecule has 3 aromatic rings.